The van der Waals surface area contributed by atoms with Crippen LogP contribution in [0.1, 0.15) is 29.2 Å². The van der Waals surface area contributed by atoms with E-state index in [9.17, 15) is 4.79 Å². The maximum atomic E-state index is 11.9. The van der Waals surface area contributed by atoms with Crippen LogP contribution in [0.2, 0.25) is 0 Å². The largest absolute Gasteiger partial charge is 0.468 e. The molecule has 1 saturated heterocycles. The fourth-order valence-electron chi connectivity index (χ4n) is 2.52. The molecule has 0 saturated carbocycles. The maximum absolute atomic E-state index is 11.9. The Morgan fingerprint density at radius 3 is 2.60 bits per heavy atom. The van der Waals surface area contributed by atoms with Crippen LogP contribution < -0.4 is 5.32 Å². The molecule has 0 aliphatic carbocycles. The third kappa shape index (κ3) is 3.11. The van der Waals surface area contributed by atoms with Crippen LogP contribution in [0.4, 0.5) is 0 Å². The average molecular weight is 274 g/mol. The molecule has 1 aliphatic rings. The van der Waals surface area contributed by atoms with E-state index in [1.165, 1.54) is 6.26 Å². The summed E-state index contributed by atoms with van der Waals surface area (Å²) < 4.78 is 10.4. The zero-order valence-corrected chi connectivity index (χ0v) is 11.2. The molecule has 5 nitrogen and oxygen atoms in total. The summed E-state index contributed by atoms with van der Waals surface area (Å²) >= 11 is 0. The predicted octanol–water partition coefficient (Wildman–Crippen LogP) is 2.27. The first kappa shape index (κ1) is 13.0. The van der Waals surface area contributed by atoms with Crippen LogP contribution in [0.15, 0.2) is 45.6 Å². The lowest BCUT2D eigenvalue weighted by molar-refractivity contribution is 0.0878. The summed E-state index contributed by atoms with van der Waals surface area (Å²) in [5.74, 6) is 1.24. The number of hydrogen-bond acceptors (Lipinski definition) is 4. The van der Waals surface area contributed by atoms with Gasteiger partial charge < -0.3 is 14.2 Å². The molecule has 0 radical (unpaired) electrons. The lowest BCUT2D eigenvalue weighted by Gasteiger charge is -2.31. The molecule has 0 aromatic carbocycles. The molecule has 1 N–H and O–H groups in total. The standard InChI is InChI=1S/C15H18N2O3/c18-15(14-4-2-10-20-14)16-12-5-7-17(8-6-12)11-13-3-1-9-19-13/h1-4,9-10,12H,5-8,11H2,(H,16,18). The maximum Gasteiger partial charge on any atom is 0.287 e. The van der Waals surface area contributed by atoms with E-state index < -0.39 is 0 Å². The van der Waals surface area contributed by atoms with Gasteiger partial charge in [0.05, 0.1) is 19.1 Å². The zero-order valence-electron chi connectivity index (χ0n) is 11.2. The van der Waals surface area contributed by atoms with Crippen molar-refractivity contribution < 1.29 is 13.6 Å². The molecular weight excluding hydrogens is 256 g/mol. The monoisotopic (exact) mass is 274 g/mol. The van der Waals surface area contributed by atoms with Gasteiger partial charge in [-0.3, -0.25) is 9.69 Å². The van der Waals surface area contributed by atoms with Crippen molar-refractivity contribution >= 4 is 5.91 Å². The van der Waals surface area contributed by atoms with Crippen molar-refractivity contribution in [2.75, 3.05) is 13.1 Å². The molecule has 1 amide bonds. The number of hydrogen-bond donors (Lipinski definition) is 1. The van der Waals surface area contributed by atoms with Crippen molar-refractivity contribution in [3.63, 3.8) is 0 Å². The molecule has 1 fully saturated rings. The summed E-state index contributed by atoms with van der Waals surface area (Å²) in [5, 5.41) is 3.02. The molecule has 5 heteroatoms. The number of likely N-dealkylation sites (tertiary alicyclic amines) is 1. The van der Waals surface area contributed by atoms with Crippen molar-refractivity contribution in [1.29, 1.82) is 0 Å². The topological polar surface area (TPSA) is 58.6 Å². The number of nitrogens with one attached hydrogen (secondary N) is 1. The summed E-state index contributed by atoms with van der Waals surface area (Å²) in [6.07, 6.45) is 5.12. The SMILES string of the molecule is O=C(NC1CCN(Cc2ccco2)CC1)c1ccco1. The molecule has 20 heavy (non-hydrogen) atoms. The van der Waals surface area contributed by atoms with E-state index in [1.807, 2.05) is 12.1 Å². The third-order valence-corrected chi connectivity index (χ3v) is 3.63. The summed E-state index contributed by atoms with van der Waals surface area (Å²) in [7, 11) is 0. The Bertz CT molecular complexity index is 525. The number of rotatable bonds is 4. The minimum Gasteiger partial charge on any atom is -0.468 e. The van der Waals surface area contributed by atoms with Gasteiger partial charge in [-0.25, -0.2) is 0 Å². The van der Waals surface area contributed by atoms with Crippen LogP contribution in [-0.4, -0.2) is 29.9 Å². The Labute approximate surface area is 117 Å². The number of nitrogens with zero attached hydrogens (tertiary/aromatic N) is 1. The van der Waals surface area contributed by atoms with Crippen molar-refractivity contribution in [1.82, 2.24) is 10.2 Å². The average Bonchev–Trinajstić information content (AvgIpc) is 3.13. The molecule has 0 bridgehead atoms. The van der Waals surface area contributed by atoms with Gasteiger partial charge in [-0.05, 0) is 37.1 Å². The van der Waals surface area contributed by atoms with E-state index in [-0.39, 0.29) is 11.9 Å². The highest BCUT2D eigenvalue weighted by molar-refractivity contribution is 5.91. The lowest BCUT2D eigenvalue weighted by atomic mass is 10.0. The third-order valence-electron chi connectivity index (χ3n) is 3.63. The van der Waals surface area contributed by atoms with E-state index in [1.54, 1.807) is 18.4 Å². The molecule has 0 spiro atoms. The first-order valence-corrected chi connectivity index (χ1v) is 6.90. The highest BCUT2D eigenvalue weighted by atomic mass is 16.3. The zero-order chi connectivity index (χ0) is 13.8. The molecule has 106 valence electrons. The van der Waals surface area contributed by atoms with Crippen LogP contribution in [0.5, 0.6) is 0 Å². The number of piperidine rings is 1. The Balaban J connectivity index is 1.45. The number of furan rings is 2. The van der Waals surface area contributed by atoms with E-state index in [0.717, 1.165) is 38.2 Å². The molecule has 1 aliphatic heterocycles. The van der Waals surface area contributed by atoms with Gasteiger partial charge >= 0.3 is 0 Å². The molecular formula is C15H18N2O3. The molecule has 3 rings (SSSR count). The summed E-state index contributed by atoms with van der Waals surface area (Å²) in [5.41, 5.74) is 0. The van der Waals surface area contributed by atoms with Gasteiger partial charge in [0.15, 0.2) is 5.76 Å². The highest BCUT2D eigenvalue weighted by Gasteiger charge is 2.22. The van der Waals surface area contributed by atoms with Gasteiger partial charge in [-0.15, -0.1) is 0 Å². The van der Waals surface area contributed by atoms with Crippen LogP contribution in [-0.2, 0) is 6.54 Å². The van der Waals surface area contributed by atoms with Gasteiger partial charge in [-0.1, -0.05) is 0 Å². The fraction of sp³-hybridized carbons (Fsp3) is 0.400. The second kappa shape index (κ2) is 5.96. The summed E-state index contributed by atoms with van der Waals surface area (Å²) in [6, 6.07) is 7.53. The second-order valence-corrected chi connectivity index (χ2v) is 5.08. The minimum atomic E-state index is -0.125. The smallest absolute Gasteiger partial charge is 0.287 e. The first-order valence-electron chi connectivity index (χ1n) is 6.90. The van der Waals surface area contributed by atoms with Crippen LogP contribution >= 0.6 is 0 Å². The number of carbonyl (C=O) groups excluding carboxylic acids is 1. The summed E-state index contributed by atoms with van der Waals surface area (Å²) in [4.78, 5) is 14.2. The van der Waals surface area contributed by atoms with Gasteiger partial charge in [0.25, 0.3) is 5.91 Å². The Morgan fingerprint density at radius 1 is 1.20 bits per heavy atom. The number of amides is 1. The van der Waals surface area contributed by atoms with Gasteiger partial charge in [0.1, 0.15) is 5.76 Å². The predicted molar refractivity (Wildman–Crippen MR) is 73.2 cm³/mol. The van der Waals surface area contributed by atoms with Crippen molar-refractivity contribution in [3.8, 4) is 0 Å². The van der Waals surface area contributed by atoms with Crippen molar-refractivity contribution in [3.05, 3.63) is 48.3 Å². The summed E-state index contributed by atoms with van der Waals surface area (Å²) in [6.45, 7) is 2.76. The Kier molecular flexibility index (Phi) is 3.87. The van der Waals surface area contributed by atoms with E-state index in [0.29, 0.717) is 5.76 Å². The second-order valence-electron chi connectivity index (χ2n) is 5.08. The normalized spacial score (nSPS) is 17.2. The van der Waals surface area contributed by atoms with E-state index in [4.69, 9.17) is 8.83 Å². The van der Waals surface area contributed by atoms with Gasteiger partial charge in [0.2, 0.25) is 0 Å². The van der Waals surface area contributed by atoms with Gasteiger partial charge in [0, 0.05) is 19.1 Å². The van der Waals surface area contributed by atoms with Crippen molar-refractivity contribution in [2.45, 2.75) is 25.4 Å². The fourth-order valence-corrected chi connectivity index (χ4v) is 2.52. The highest BCUT2D eigenvalue weighted by Crippen LogP contribution is 2.14. The molecule has 0 atom stereocenters. The lowest BCUT2D eigenvalue weighted by Crippen LogP contribution is -2.44. The van der Waals surface area contributed by atoms with Crippen LogP contribution in [0, 0.1) is 0 Å². The molecule has 3 heterocycles. The molecule has 2 aromatic rings. The Morgan fingerprint density at radius 2 is 1.95 bits per heavy atom. The number of carbonyl (C=O) groups is 1. The van der Waals surface area contributed by atoms with E-state index in [2.05, 4.69) is 10.2 Å². The molecule has 2 aromatic heterocycles. The van der Waals surface area contributed by atoms with Gasteiger partial charge in [-0.2, -0.15) is 0 Å². The van der Waals surface area contributed by atoms with Crippen molar-refractivity contribution in [2.24, 2.45) is 0 Å². The quantitative estimate of drug-likeness (QED) is 0.929. The molecule has 0 unspecified atom stereocenters. The minimum absolute atomic E-state index is 0.125. The van der Waals surface area contributed by atoms with E-state index >= 15 is 0 Å². The first-order chi connectivity index (χ1) is 9.81. The van der Waals surface area contributed by atoms with Crippen LogP contribution in [0.3, 0.4) is 0 Å². The van der Waals surface area contributed by atoms with Crippen LogP contribution in [0.25, 0.3) is 0 Å². The Hall–Kier alpha value is -2.01.